The number of amides is 1. The van der Waals surface area contributed by atoms with Crippen LogP contribution in [0.5, 0.6) is 0 Å². The predicted molar refractivity (Wildman–Crippen MR) is 76.4 cm³/mol. The molecule has 4 nitrogen and oxygen atoms in total. The maximum atomic E-state index is 13.4. The minimum atomic E-state index is -5.53. The standard InChI is InChI=1S/C16H11F6NO3/c17-15(18,19)10-6-2-5-8-7-3-1-4-9(7)12(13(24)25)23(11(8)10)14(26)16(20,21)22/h1-3,5-7,9,12H,4H2,(H,24,25)/t7-,9-,12+/m0/s1. The molecule has 2 aliphatic rings. The summed E-state index contributed by atoms with van der Waals surface area (Å²) in [6.45, 7) is 0. The Bertz CT molecular complexity index is 798. The molecule has 26 heavy (non-hydrogen) atoms. The first-order valence-electron chi connectivity index (χ1n) is 7.44. The van der Waals surface area contributed by atoms with Gasteiger partial charge in [0.1, 0.15) is 6.04 Å². The molecule has 0 saturated heterocycles. The molecule has 1 aromatic carbocycles. The number of carboxylic acids is 1. The third-order valence-electron chi connectivity index (χ3n) is 4.58. The van der Waals surface area contributed by atoms with Crippen molar-refractivity contribution in [3.05, 3.63) is 41.5 Å². The maximum Gasteiger partial charge on any atom is 0.471 e. The molecule has 1 N–H and O–H groups in total. The highest BCUT2D eigenvalue weighted by Crippen LogP contribution is 2.52. The first kappa shape index (κ1) is 18.3. The van der Waals surface area contributed by atoms with Crippen LogP contribution in [0.1, 0.15) is 23.5 Å². The van der Waals surface area contributed by atoms with E-state index in [2.05, 4.69) is 0 Å². The van der Waals surface area contributed by atoms with E-state index in [1.54, 1.807) is 0 Å². The lowest BCUT2D eigenvalue weighted by Crippen LogP contribution is -2.57. The molecule has 1 aliphatic heterocycles. The van der Waals surface area contributed by atoms with Crippen molar-refractivity contribution in [3.63, 3.8) is 0 Å². The lowest BCUT2D eigenvalue weighted by Gasteiger charge is -2.43. The zero-order chi connectivity index (χ0) is 19.4. The number of aliphatic carboxylic acids is 1. The number of allylic oxidation sites excluding steroid dienone is 2. The number of para-hydroxylation sites is 1. The van der Waals surface area contributed by atoms with Crippen LogP contribution in [0.4, 0.5) is 32.0 Å². The fourth-order valence-corrected chi connectivity index (χ4v) is 3.65. The SMILES string of the molecule is O=C(O)[C@H]1[C@H]2CC=C[C@H]2c2cccc(C(F)(F)F)c2N1C(=O)C(F)(F)F. The van der Waals surface area contributed by atoms with E-state index in [1.165, 1.54) is 18.2 Å². The quantitative estimate of drug-likeness (QED) is 0.598. The first-order valence-corrected chi connectivity index (χ1v) is 7.44. The summed E-state index contributed by atoms with van der Waals surface area (Å²) < 4.78 is 79.4. The summed E-state index contributed by atoms with van der Waals surface area (Å²) in [7, 11) is 0. The van der Waals surface area contributed by atoms with Crippen molar-refractivity contribution in [3.8, 4) is 0 Å². The summed E-state index contributed by atoms with van der Waals surface area (Å²) >= 11 is 0. The molecule has 10 heteroatoms. The van der Waals surface area contributed by atoms with Crippen molar-refractivity contribution >= 4 is 17.6 Å². The molecule has 1 aliphatic carbocycles. The Balaban J connectivity index is 2.33. The normalized spacial score (nSPS) is 25.0. The lowest BCUT2D eigenvalue weighted by atomic mass is 9.77. The van der Waals surface area contributed by atoms with E-state index in [-0.39, 0.29) is 16.9 Å². The fraction of sp³-hybridized carbons (Fsp3) is 0.375. The van der Waals surface area contributed by atoms with Gasteiger partial charge in [0.05, 0.1) is 11.3 Å². The van der Waals surface area contributed by atoms with Gasteiger partial charge in [-0.2, -0.15) is 26.3 Å². The number of carbonyl (C=O) groups is 2. The Morgan fingerprint density at radius 1 is 1.12 bits per heavy atom. The second-order valence-electron chi connectivity index (χ2n) is 6.05. The van der Waals surface area contributed by atoms with Gasteiger partial charge in [-0.3, -0.25) is 9.69 Å². The predicted octanol–water partition coefficient (Wildman–Crippen LogP) is 3.73. The van der Waals surface area contributed by atoms with Crippen LogP contribution in [0.25, 0.3) is 0 Å². The topological polar surface area (TPSA) is 57.6 Å². The number of halogens is 6. The van der Waals surface area contributed by atoms with Gasteiger partial charge in [-0.05, 0) is 18.1 Å². The zero-order valence-corrected chi connectivity index (χ0v) is 12.8. The van der Waals surface area contributed by atoms with Gasteiger partial charge in [0.25, 0.3) is 0 Å². The van der Waals surface area contributed by atoms with E-state index < -0.39 is 53.4 Å². The van der Waals surface area contributed by atoms with Crippen molar-refractivity contribution in [2.75, 3.05) is 4.90 Å². The smallest absolute Gasteiger partial charge is 0.471 e. The van der Waals surface area contributed by atoms with Gasteiger partial charge in [-0.25, -0.2) is 4.79 Å². The molecule has 1 aromatic rings. The Labute approximate surface area is 142 Å². The zero-order valence-electron chi connectivity index (χ0n) is 12.8. The summed E-state index contributed by atoms with van der Waals surface area (Å²) in [5.41, 5.74) is -2.66. The number of carboxylic acid groups (broad SMARTS) is 1. The van der Waals surface area contributed by atoms with Gasteiger partial charge in [0.2, 0.25) is 0 Å². The summed E-state index contributed by atoms with van der Waals surface area (Å²) in [6, 6.07) is 0.697. The van der Waals surface area contributed by atoms with Crippen molar-refractivity contribution in [1.29, 1.82) is 0 Å². The number of nitrogens with zero attached hydrogens (tertiary/aromatic N) is 1. The average Bonchev–Trinajstić information content (AvgIpc) is 2.99. The molecule has 1 amide bonds. The van der Waals surface area contributed by atoms with Crippen molar-refractivity contribution in [2.24, 2.45) is 5.92 Å². The van der Waals surface area contributed by atoms with Gasteiger partial charge >= 0.3 is 24.2 Å². The van der Waals surface area contributed by atoms with Crippen molar-refractivity contribution < 1.29 is 41.0 Å². The third-order valence-corrected chi connectivity index (χ3v) is 4.58. The van der Waals surface area contributed by atoms with Crippen LogP contribution in [0.15, 0.2) is 30.4 Å². The van der Waals surface area contributed by atoms with Gasteiger partial charge < -0.3 is 5.11 Å². The van der Waals surface area contributed by atoms with Crippen LogP contribution in [-0.4, -0.2) is 29.2 Å². The first-order chi connectivity index (χ1) is 11.9. The fourth-order valence-electron chi connectivity index (χ4n) is 3.65. The molecule has 140 valence electrons. The van der Waals surface area contributed by atoms with Gasteiger partial charge in [-0.15, -0.1) is 0 Å². The van der Waals surface area contributed by atoms with Crippen molar-refractivity contribution in [1.82, 2.24) is 0 Å². The molecular weight excluding hydrogens is 368 g/mol. The molecule has 1 heterocycles. The Morgan fingerprint density at radius 3 is 2.31 bits per heavy atom. The number of anilines is 1. The molecule has 0 radical (unpaired) electrons. The summed E-state index contributed by atoms with van der Waals surface area (Å²) in [4.78, 5) is 23.3. The Morgan fingerprint density at radius 2 is 1.77 bits per heavy atom. The van der Waals surface area contributed by atoms with Gasteiger partial charge in [-0.1, -0.05) is 24.3 Å². The highest BCUT2D eigenvalue weighted by molar-refractivity contribution is 6.04. The number of hydrogen-bond donors (Lipinski definition) is 1. The summed E-state index contributed by atoms with van der Waals surface area (Å²) in [5, 5.41) is 9.42. The van der Waals surface area contributed by atoms with E-state index in [0.717, 1.165) is 6.07 Å². The highest BCUT2D eigenvalue weighted by atomic mass is 19.4. The van der Waals surface area contributed by atoms with E-state index >= 15 is 0 Å². The molecule has 0 saturated carbocycles. The second kappa shape index (κ2) is 5.75. The number of benzene rings is 1. The average molecular weight is 379 g/mol. The van der Waals surface area contributed by atoms with E-state index in [4.69, 9.17) is 0 Å². The number of fused-ring (bicyclic) bond motifs is 3. The van der Waals surface area contributed by atoms with Crippen LogP contribution in [0.3, 0.4) is 0 Å². The number of alkyl halides is 6. The molecule has 3 atom stereocenters. The maximum absolute atomic E-state index is 13.4. The van der Waals surface area contributed by atoms with E-state index in [9.17, 15) is 41.0 Å². The Hall–Kier alpha value is -2.52. The molecule has 0 aromatic heterocycles. The van der Waals surface area contributed by atoms with Crippen LogP contribution in [0, 0.1) is 5.92 Å². The number of hydrogen-bond acceptors (Lipinski definition) is 2. The number of carbonyl (C=O) groups excluding carboxylic acids is 1. The highest BCUT2D eigenvalue weighted by Gasteiger charge is 2.55. The van der Waals surface area contributed by atoms with E-state index in [1.807, 2.05) is 0 Å². The molecule has 0 fully saturated rings. The summed E-state index contributed by atoms with van der Waals surface area (Å²) in [5.74, 6) is -6.21. The minimum absolute atomic E-state index is 0.0406. The van der Waals surface area contributed by atoms with Crippen molar-refractivity contribution in [2.45, 2.75) is 30.7 Å². The molecular formula is C16H11F6NO3. The summed E-state index contributed by atoms with van der Waals surface area (Å²) in [6.07, 6.45) is -7.58. The third kappa shape index (κ3) is 2.73. The number of rotatable bonds is 1. The van der Waals surface area contributed by atoms with Crippen LogP contribution >= 0.6 is 0 Å². The minimum Gasteiger partial charge on any atom is -0.480 e. The molecule has 0 unspecified atom stereocenters. The largest absolute Gasteiger partial charge is 0.480 e. The lowest BCUT2D eigenvalue weighted by molar-refractivity contribution is -0.172. The van der Waals surface area contributed by atoms with Crippen LogP contribution in [-0.2, 0) is 15.8 Å². The molecule has 0 bridgehead atoms. The monoisotopic (exact) mass is 379 g/mol. The van der Waals surface area contributed by atoms with Crippen LogP contribution in [0.2, 0.25) is 0 Å². The second-order valence-corrected chi connectivity index (χ2v) is 6.05. The van der Waals surface area contributed by atoms with Crippen LogP contribution < -0.4 is 4.90 Å². The molecule has 0 spiro atoms. The Kier molecular flexibility index (Phi) is 4.04. The van der Waals surface area contributed by atoms with E-state index in [0.29, 0.717) is 6.07 Å². The van der Waals surface area contributed by atoms with Gasteiger partial charge in [0, 0.05) is 11.8 Å². The molecule has 3 rings (SSSR count). The van der Waals surface area contributed by atoms with Gasteiger partial charge in [0.15, 0.2) is 0 Å².